The average Bonchev–Trinajstić information content (AvgIpc) is 2.78. The smallest absolute Gasteiger partial charge is 0.0981 e. The van der Waals surface area contributed by atoms with Gasteiger partial charge in [0.2, 0.25) is 0 Å². The minimum Gasteiger partial charge on any atom is -0.282 e. The van der Waals surface area contributed by atoms with Gasteiger partial charge in [-0.3, -0.25) is 9.58 Å². The molecule has 0 saturated carbocycles. The average molecular weight is 232 g/mol. The maximum Gasteiger partial charge on any atom is 0.0981 e. The molecule has 1 fully saturated rings. The molecule has 1 unspecified atom stereocenters. The molecule has 1 atom stereocenters. The first kappa shape index (κ1) is 12.1. The lowest BCUT2D eigenvalue weighted by Crippen LogP contribution is -2.38. The summed E-state index contributed by atoms with van der Waals surface area (Å²) in [6.07, 6.45) is 5.39. The van der Waals surface area contributed by atoms with Crippen LogP contribution in [-0.2, 0) is 6.54 Å². The minimum atomic E-state index is 0.0768. The van der Waals surface area contributed by atoms with Crippen LogP contribution in [0.5, 0.6) is 0 Å². The van der Waals surface area contributed by atoms with E-state index in [1.54, 1.807) is 0 Å². The lowest BCUT2D eigenvalue weighted by Gasteiger charge is -2.30. The predicted molar refractivity (Wildman–Crippen MR) is 66.3 cm³/mol. The molecule has 0 amide bonds. The van der Waals surface area contributed by atoms with Crippen LogP contribution in [0.3, 0.4) is 0 Å². The molecule has 4 nitrogen and oxygen atoms in total. The van der Waals surface area contributed by atoms with Gasteiger partial charge in [0.05, 0.1) is 17.8 Å². The maximum atomic E-state index is 9.12. The van der Waals surface area contributed by atoms with Crippen LogP contribution in [0.4, 0.5) is 0 Å². The molecule has 4 heteroatoms. The lowest BCUT2D eigenvalue weighted by molar-refractivity contribution is 0.174. The summed E-state index contributed by atoms with van der Waals surface area (Å²) < 4.78 is 1.97. The highest BCUT2D eigenvalue weighted by Gasteiger charge is 2.22. The van der Waals surface area contributed by atoms with Crippen molar-refractivity contribution in [3.05, 3.63) is 18.0 Å². The molecule has 1 aliphatic heterocycles. The van der Waals surface area contributed by atoms with Gasteiger partial charge in [-0.15, -0.1) is 0 Å². The number of piperidine rings is 1. The number of likely N-dealkylation sites (tertiary alicyclic amines) is 1. The third kappa shape index (κ3) is 2.86. The molecule has 0 radical (unpaired) electrons. The first-order valence-corrected chi connectivity index (χ1v) is 6.38. The number of hydrogen-bond donors (Lipinski definition) is 0. The Morgan fingerprint density at radius 1 is 1.53 bits per heavy atom. The zero-order valence-electron chi connectivity index (χ0n) is 10.6. The molecule has 2 heterocycles. The topological polar surface area (TPSA) is 44.9 Å². The zero-order chi connectivity index (χ0) is 12.3. The SMILES string of the molecule is CC(C)n1ccc(CN2CCCCC2C#N)n1. The van der Waals surface area contributed by atoms with Crippen molar-refractivity contribution in [3.8, 4) is 6.07 Å². The Labute approximate surface area is 103 Å². The number of rotatable bonds is 3. The Kier molecular flexibility index (Phi) is 3.80. The van der Waals surface area contributed by atoms with Gasteiger partial charge in [-0.25, -0.2) is 0 Å². The number of nitriles is 1. The Hall–Kier alpha value is -1.34. The third-order valence-corrected chi connectivity index (χ3v) is 3.32. The highest BCUT2D eigenvalue weighted by atomic mass is 15.3. The van der Waals surface area contributed by atoms with Gasteiger partial charge in [-0.1, -0.05) is 0 Å². The molecule has 0 aromatic carbocycles. The molecular formula is C13H20N4. The molecule has 2 rings (SSSR count). The number of nitrogens with zero attached hydrogens (tertiary/aromatic N) is 4. The van der Waals surface area contributed by atoms with Gasteiger partial charge in [0.1, 0.15) is 0 Å². The van der Waals surface area contributed by atoms with Crippen LogP contribution in [0.2, 0.25) is 0 Å². The van der Waals surface area contributed by atoms with E-state index in [1.807, 2.05) is 10.9 Å². The van der Waals surface area contributed by atoms with Crippen molar-refractivity contribution in [1.82, 2.24) is 14.7 Å². The summed E-state index contributed by atoms with van der Waals surface area (Å²) in [5, 5.41) is 13.7. The molecule has 1 aromatic heterocycles. The normalized spacial score (nSPS) is 21.6. The maximum absolute atomic E-state index is 9.12. The fourth-order valence-corrected chi connectivity index (χ4v) is 2.28. The van der Waals surface area contributed by atoms with Crippen LogP contribution in [0.25, 0.3) is 0 Å². The van der Waals surface area contributed by atoms with E-state index in [9.17, 15) is 0 Å². The Morgan fingerprint density at radius 2 is 2.35 bits per heavy atom. The van der Waals surface area contributed by atoms with Crippen LogP contribution in [0.15, 0.2) is 12.3 Å². The van der Waals surface area contributed by atoms with Crippen molar-refractivity contribution >= 4 is 0 Å². The summed E-state index contributed by atoms with van der Waals surface area (Å²) >= 11 is 0. The van der Waals surface area contributed by atoms with Gasteiger partial charge in [0.15, 0.2) is 0 Å². The van der Waals surface area contributed by atoms with E-state index in [1.165, 1.54) is 12.8 Å². The van der Waals surface area contributed by atoms with Crippen molar-refractivity contribution in [3.63, 3.8) is 0 Å². The van der Waals surface area contributed by atoms with Crippen LogP contribution in [0, 0.1) is 11.3 Å². The van der Waals surface area contributed by atoms with Gasteiger partial charge in [0.25, 0.3) is 0 Å². The second-order valence-electron chi connectivity index (χ2n) is 4.99. The zero-order valence-corrected chi connectivity index (χ0v) is 10.6. The second-order valence-corrected chi connectivity index (χ2v) is 4.99. The highest BCUT2D eigenvalue weighted by Crippen LogP contribution is 2.18. The molecule has 17 heavy (non-hydrogen) atoms. The summed E-state index contributed by atoms with van der Waals surface area (Å²) in [4.78, 5) is 2.25. The second kappa shape index (κ2) is 5.33. The largest absolute Gasteiger partial charge is 0.282 e. The highest BCUT2D eigenvalue weighted by molar-refractivity contribution is 5.03. The summed E-state index contributed by atoms with van der Waals surface area (Å²) in [7, 11) is 0. The van der Waals surface area contributed by atoms with Gasteiger partial charge >= 0.3 is 0 Å². The fourth-order valence-electron chi connectivity index (χ4n) is 2.28. The number of hydrogen-bond acceptors (Lipinski definition) is 3. The molecule has 0 N–H and O–H groups in total. The Bertz CT molecular complexity index is 402. The summed E-state index contributed by atoms with van der Waals surface area (Å²) in [6, 6.07) is 4.93. The summed E-state index contributed by atoms with van der Waals surface area (Å²) in [5.41, 5.74) is 1.07. The Balaban J connectivity index is 2.01. The molecular weight excluding hydrogens is 212 g/mol. The van der Waals surface area contributed by atoms with Crippen LogP contribution in [-0.4, -0.2) is 27.3 Å². The van der Waals surface area contributed by atoms with E-state index in [0.717, 1.165) is 25.2 Å². The minimum absolute atomic E-state index is 0.0768. The van der Waals surface area contributed by atoms with Crippen LogP contribution in [0.1, 0.15) is 44.8 Å². The standard InChI is InChI=1S/C13H20N4/c1-11(2)17-8-6-12(15-17)10-16-7-4-3-5-13(16)9-14/h6,8,11,13H,3-5,7,10H2,1-2H3. The quantitative estimate of drug-likeness (QED) is 0.803. The van der Waals surface area contributed by atoms with E-state index in [4.69, 9.17) is 5.26 Å². The molecule has 1 saturated heterocycles. The van der Waals surface area contributed by atoms with Crippen molar-refractivity contribution in [2.75, 3.05) is 6.54 Å². The van der Waals surface area contributed by atoms with Crippen molar-refractivity contribution in [2.45, 2.75) is 51.7 Å². The van der Waals surface area contributed by atoms with Crippen LogP contribution < -0.4 is 0 Å². The van der Waals surface area contributed by atoms with Gasteiger partial charge < -0.3 is 0 Å². The molecule has 0 spiro atoms. The summed E-state index contributed by atoms with van der Waals surface area (Å²) in [6.45, 7) is 6.07. The fraction of sp³-hybridized carbons (Fsp3) is 0.692. The summed E-state index contributed by atoms with van der Waals surface area (Å²) in [5.74, 6) is 0. The van der Waals surface area contributed by atoms with Gasteiger partial charge in [-0.2, -0.15) is 10.4 Å². The Morgan fingerprint density at radius 3 is 3.00 bits per heavy atom. The van der Waals surface area contributed by atoms with E-state index >= 15 is 0 Å². The monoisotopic (exact) mass is 232 g/mol. The number of aromatic nitrogens is 2. The predicted octanol–water partition coefficient (Wildman–Crippen LogP) is 2.34. The van der Waals surface area contributed by atoms with E-state index in [2.05, 4.69) is 36.0 Å². The molecule has 1 aromatic rings. The van der Waals surface area contributed by atoms with E-state index in [-0.39, 0.29) is 6.04 Å². The van der Waals surface area contributed by atoms with Crippen LogP contribution >= 0.6 is 0 Å². The van der Waals surface area contributed by atoms with Gasteiger partial charge in [-0.05, 0) is 45.7 Å². The van der Waals surface area contributed by atoms with E-state index in [0.29, 0.717) is 6.04 Å². The first-order valence-electron chi connectivity index (χ1n) is 6.38. The third-order valence-electron chi connectivity index (χ3n) is 3.32. The molecule has 0 aliphatic carbocycles. The molecule has 0 bridgehead atoms. The lowest BCUT2D eigenvalue weighted by atomic mass is 10.0. The first-order chi connectivity index (χ1) is 8.20. The van der Waals surface area contributed by atoms with Crippen molar-refractivity contribution in [1.29, 1.82) is 5.26 Å². The van der Waals surface area contributed by atoms with Gasteiger partial charge in [0, 0.05) is 18.8 Å². The van der Waals surface area contributed by atoms with E-state index < -0.39 is 0 Å². The molecule has 92 valence electrons. The van der Waals surface area contributed by atoms with Crippen molar-refractivity contribution in [2.24, 2.45) is 0 Å². The van der Waals surface area contributed by atoms with Crippen molar-refractivity contribution < 1.29 is 0 Å². The molecule has 1 aliphatic rings.